The van der Waals surface area contributed by atoms with Gasteiger partial charge in [0.2, 0.25) is 5.91 Å². The van der Waals surface area contributed by atoms with Gasteiger partial charge in [-0.15, -0.1) is 0 Å². The first-order valence-electron chi connectivity index (χ1n) is 12.2. The maximum absolute atomic E-state index is 11.8. The molecule has 0 saturated heterocycles. The summed E-state index contributed by atoms with van der Waals surface area (Å²) < 4.78 is 3.66. The van der Waals surface area contributed by atoms with Gasteiger partial charge in [0.15, 0.2) is 0 Å². The van der Waals surface area contributed by atoms with Crippen molar-refractivity contribution in [1.29, 1.82) is 0 Å². The van der Waals surface area contributed by atoms with Gasteiger partial charge in [-0.3, -0.25) is 9.59 Å². The van der Waals surface area contributed by atoms with E-state index in [2.05, 4.69) is 0 Å². The minimum absolute atomic E-state index is 0.0219. The molecule has 2 heterocycles. The van der Waals surface area contributed by atoms with Crippen LogP contribution in [0.3, 0.4) is 0 Å². The van der Waals surface area contributed by atoms with Crippen molar-refractivity contribution in [1.82, 2.24) is 9.13 Å². The van der Waals surface area contributed by atoms with Crippen LogP contribution in [0.5, 0.6) is 0 Å². The molecule has 2 aromatic carbocycles. The molecule has 0 saturated carbocycles. The lowest BCUT2D eigenvalue weighted by molar-refractivity contribution is 0.0695. The van der Waals surface area contributed by atoms with E-state index >= 15 is 0 Å². The third-order valence-electron chi connectivity index (χ3n) is 6.80. The lowest BCUT2D eigenvalue weighted by atomic mass is 9.96. The van der Waals surface area contributed by atoms with Crippen LogP contribution >= 0.6 is 0 Å². The first-order chi connectivity index (χ1) is 17.9. The molecular weight excluding hydrogens is 480 g/mol. The lowest BCUT2D eigenvalue weighted by Crippen LogP contribution is -2.18. The number of aryl methyl sites for hydroxylation is 2. The predicted octanol–water partition coefficient (Wildman–Crippen LogP) is 4.35. The van der Waals surface area contributed by atoms with Crippen LogP contribution in [-0.4, -0.2) is 26.1 Å². The van der Waals surface area contributed by atoms with Crippen molar-refractivity contribution in [2.45, 2.75) is 47.7 Å². The molecule has 5 N–H and O–H groups in total. The van der Waals surface area contributed by atoms with Gasteiger partial charge in [-0.05, 0) is 80.6 Å². The number of nitrogens with two attached hydrogens (primary N) is 2. The second kappa shape index (κ2) is 11.6. The summed E-state index contributed by atoms with van der Waals surface area (Å²) in [6.07, 6.45) is 1.77. The highest BCUT2D eigenvalue weighted by Crippen LogP contribution is 2.23. The Kier molecular flexibility index (Phi) is 8.57. The molecule has 198 valence electrons. The normalized spacial score (nSPS) is 10.6. The molecule has 0 aliphatic rings. The van der Waals surface area contributed by atoms with E-state index in [-0.39, 0.29) is 5.56 Å². The second-order valence-electron chi connectivity index (χ2n) is 9.43. The van der Waals surface area contributed by atoms with Gasteiger partial charge in [-0.25, -0.2) is 4.79 Å². The van der Waals surface area contributed by atoms with Gasteiger partial charge in [-0.2, -0.15) is 0 Å². The number of anilines is 1. The Morgan fingerprint density at radius 3 is 2.00 bits per heavy atom. The number of carboxylic acid groups (broad SMARTS) is 1. The molecule has 4 aromatic rings. The number of rotatable bonds is 6. The van der Waals surface area contributed by atoms with Gasteiger partial charge >= 0.3 is 5.97 Å². The van der Waals surface area contributed by atoms with Crippen LogP contribution in [0, 0.1) is 34.6 Å². The van der Waals surface area contributed by atoms with Crippen LogP contribution in [0.4, 0.5) is 5.69 Å². The number of carbonyl (C=O) groups is 2. The van der Waals surface area contributed by atoms with Crippen molar-refractivity contribution in [3.8, 4) is 0 Å². The van der Waals surface area contributed by atoms with Gasteiger partial charge in [0, 0.05) is 41.4 Å². The number of carboxylic acids is 1. The quantitative estimate of drug-likeness (QED) is 0.329. The molecular formula is C30H34N4O4. The minimum atomic E-state index is -0.900. The molecule has 8 heteroatoms. The van der Waals surface area contributed by atoms with Crippen molar-refractivity contribution in [3.05, 3.63) is 121 Å². The fraction of sp³-hybridized carbons (Fsp3) is 0.233. The maximum Gasteiger partial charge on any atom is 0.337 e. The first kappa shape index (κ1) is 28.0. The first-order valence-corrected chi connectivity index (χ1v) is 12.2. The molecule has 2 aromatic heterocycles. The van der Waals surface area contributed by atoms with E-state index in [9.17, 15) is 19.5 Å². The summed E-state index contributed by atoms with van der Waals surface area (Å²) in [4.78, 5) is 34.1. The molecule has 38 heavy (non-hydrogen) atoms. The fourth-order valence-electron chi connectivity index (χ4n) is 4.47. The highest BCUT2D eigenvalue weighted by molar-refractivity contribution is 5.96. The van der Waals surface area contributed by atoms with E-state index < -0.39 is 11.9 Å². The second-order valence-corrected chi connectivity index (χ2v) is 9.43. The number of nitrogen functional groups attached to an aromatic ring is 1. The van der Waals surface area contributed by atoms with Crippen molar-refractivity contribution in [2.75, 3.05) is 5.73 Å². The number of primary amides is 1. The number of benzene rings is 2. The highest BCUT2D eigenvalue weighted by Gasteiger charge is 2.15. The van der Waals surface area contributed by atoms with Crippen LogP contribution in [0.25, 0.3) is 0 Å². The van der Waals surface area contributed by atoms with Gasteiger partial charge < -0.3 is 25.7 Å². The van der Waals surface area contributed by atoms with Crippen molar-refractivity contribution in [2.24, 2.45) is 5.73 Å². The number of carbonyl (C=O) groups excluding carboxylic acids is 1. The monoisotopic (exact) mass is 514 g/mol. The molecule has 0 radical (unpaired) electrons. The van der Waals surface area contributed by atoms with E-state index in [1.807, 2.05) is 69.5 Å². The zero-order valence-corrected chi connectivity index (χ0v) is 22.4. The number of pyridine rings is 1. The smallest absolute Gasteiger partial charge is 0.337 e. The number of nitrogens with zero attached hydrogens (tertiary/aromatic N) is 2. The predicted molar refractivity (Wildman–Crippen MR) is 150 cm³/mol. The Bertz CT molecular complexity index is 1550. The van der Waals surface area contributed by atoms with E-state index in [0.717, 1.165) is 39.2 Å². The summed E-state index contributed by atoms with van der Waals surface area (Å²) >= 11 is 0. The summed E-state index contributed by atoms with van der Waals surface area (Å²) in [6.45, 7) is 10.5. The standard InChI is InChI=1S/C20H20N2O3.C10H14N2O/c1-14-11-18(20(24)25)15(2)22(14)13-17-8-6-16(7-9-17)12-21-10-4-3-5-19(21)23;1-5-4-8(11)6(2)7(3)9(5)10(12)13/h3-11H,12-13H2,1-2H3,(H,24,25);4H,11H2,1-3H3,(H2,12,13). The molecule has 0 spiro atoms. The lowest BCUT2D eigenvalue weighted by Gasteiger charge is -2.11. The molecule has 0 atom stereocenters. The van der Waals surface area contributed by atoms with Crippen LogP contribution < -0.4 is 17.0 Å². The third-order valence-corrected chi connectivity index (χ3v) is 6.80. The van der Waals surface area contributed by atoms with Crippen molar-refractivity contribution >= 4 is 17.6 Å². The van der Waals surface area contributed by atoms with E-state index in [1.165, 1.54) is 0 Å². The van der Waals surface area contributed by atoms with Crippen molar-refractivity contribution in [3.63, 3.8) is 0 Å². The number of aromatic nitrogens is 2. The molecule has 1 amide bonds. The topological polar surface area (TPSA) is 133 Å². The summed E-state index contributed by atoms with van der Waals surface area (Å²) in [5.41, 5.74) is 19.1. The van der Waals surface area contributed by atoms with Gasteiger partial charge in [0.25, 0.3) is 5.56 Å². The van der Waals surface area contributed by atoms with Crippen LogP contribution in [-0.2, 0) is 13.1 Å². The van der Waals surface area contributed by atoms with Crippen molar-refractivity contribution < 1.29 is 14.7 Å². The molecule has 0 bridgehead atoms. The average Bonchev–Trinajstić information content (AvgIpc) is 3.14. The number of amides is 1. The van der Waals surface area contributed by atoms with Gasteiger partial charge in [-0.1, -0.05) is 30.3 Å². The number of hydrogen-bond acceptors (Lipinski definition) is 4. The van der Waals surface area contributed by atoms with E-state index in [0.29, 0.717) is 29.9 Å². The zero-order chi connectivity index (χ0) is 28.1. The Morgan fingerprint density at radius 2 is 1.47 bits per heavy atom. The summed E-state index contributed by atoms with van der Waals surface area (Å²) in [5.74, 6) is -1.29. The summed E-state index contributed by atoms with van der Waals surface area (Å²) in [5, 5.41) is 9.23. The van der Waals surface area contributed by atoms with Gasteiger partial charge in [0.1, 0.15) is 0 Å². The summed E-state index contributed by atoms with van der Waals surface area (Å²) in [6, 6.07) is 16.6. The summed E-state index contributed by atoms with van der Waals surface area (Å²) in [7, 11) is 0. The van der Waals surface area contributed by atoms with E-state index in [1.54, 1.807) is 35.0 Å². The maximum atomic E-state index is 11.8. The Hall–Kier alpha value is -4.59. The van der Waals surface area contributed by atoms with Crippen LogP contribution in [0.1, 0.15) is 59.9 Å². The third kappa shape index (κ3) is 6.21. The largest absolute Gasteiger partial charge is 0.478 e. The molecule has 0 aliphatic heterocycles. The Balaban J connectivity index is 0.000000260. The van der Waals surface area contributed by atoms with Gasteiger partial charge in [0.05, 0.1) is 12.1 Å². The molecule has 0 aliphatic carbocycles. The SMILES string of the molecule is Cc1cc(C(=O)O)c(C)n1Cc1ccc(Cn2ccccc2=O)cc1.Cc1cc(N)c(C)c(C)c1C(N)=O. The Morgan fingerprint density at radius 1 is 0.868 bits per heavy atom. The molecule has 0 unspecified atom stereocenters. The highest BCUT2D eigenvalue weighted by atomic mass is 16.4. The fourth-order valence-corrected chi connectivity index (χ4v) is 4.47. The number of hydrogen-bond donors (Lipinski definition) is 3. The average molecular weight is 515 g/mol. The van der Waals surface area contributed by atoms with Crippen LogP contribution in [0.2, 0.25) is 0 Å². The zero-order valence-electron chi connectivity index (χ0n) is 22.4. The molecule has 0 fully saturated rings. The molecule has 4 rings (SSSR count). The Labute approximate surface area is 222 Å². The molecule has 8 nitrogen and oxygen atoms in total. The minimum Gasteiger partial charge on any atom is -0.478 e. The number of aromatic carboxylic acids is 1. The van der Waals surface area contributed by atoms with Crippen LogP contribution in [0.15, 0.2) is 65.6 Å². The van der Waals surface area contributed by atoms with E-state index in [4.69, 9.17) is 11.5 Å².